The van der Waals surface area contributed by atoms with Crippen LogP contribution in [0.3, 0.4) is 0 Å². The fourth-order valence-corrected chi connectivity index (χ4v) is 2.91. The van der Waals surface area contributed by atoms with Crippen LogP contribution >= 0.6 is 11.8 Å². The summed E-state index contributed by atoms with van der Waals surface area (Å²) in [6.07, 6.45) is 2.15. The number of rotatable bonds is 4. The van der Waals surface area contributed by atoms with Crippen LogP contribution in [0.15, 0.2) is 5.03 Å². The van der Waals surface area contributed by atoms with Crippen molar-refractivity contribution in [3.63, 3.8) is 0 Å². The molecule has 0 bridgehead atoms. The molecular weight excluding hydrogens is 270 g/mol. The number of hydrogen-bond donors (Lipinski definition) is 1. The summed E-state index contributed by atoms with van der Waals surface area (Å²) in [6, 6.07) is 2.57. The molecule has 5 heteroatoms. The smallest absolute Gasteiger partial charge is 0.233 e. The van der Waals surface area contributed by atoms with Gasteiger partial charge in [-0.3, -0.25) is 4.79 Å². The number of amides is 1. The van der Waals surface area contributed by atoms with Crippen LogP contribution in [-0.2, 0) is 4.79 Å². The van der Waals surface area contributed by atoms with Crippen LogP contribution < -0.4 is 5.32 Å². The Morgan fingerprint density at radius 2 is 2.05 bits per heavy atom. The van der Waals surface area contributed by atoms with Crippen LogP contribution in [0.25, 0.3) is 0 Å². The maximum atomic E-state index is 12.0. The van der Waals surface area contributed by atoms with E-state index in [-0.39, 0.29) is 11.2 Å². The van der Waals surface area contributed by atoms with E-state index in [9.17, 15) is 10.1 Å². The fraction of sp³-hybridized carbons (Fsp3) is 0.533. The number of nitriles is 1. The first-order chi connectivity index (χ1) is 9.43. The van der Waals surface area contributed by atoms with Gasteiger partial charge < -0.3 is 5.32 Å². The van der Waals surface area contributed by atoms with Crippen LogP contribution in [0.2, 0.25) is 0 Å². The van der Waals surface area contributed by atoms with Gasteiger partial charge in [-0.05, 0) is 51.7 Å². The maximum absolute atomic E-state index is 12.0. The Balaban J connectivity index is 2.20. The third-order valence-corrected chi connectivity index (χ3v) is 4.74. The summed E-state index contributed by atoms with van der Waals surface area (Å²) < 4.78 is 0. The zero-order valence-corrected chi connectivity index (χ0v) is 13.1. The van der Waals surface area contributed by atoms with E-state index >= 15 is 0 Å². The summed E-state index contributed by atoms with van der Waals surface area (Å²) >= 11 is 1.36. The summed E-state index contributed by atoms with van der Waals surface area (Å²) in [7, 11) is 0. The van der Waals surface area contributed by atoms with Crippen LogP contribution in [-0.4, -0.2) is 22.2 Å². The number of carbonyl (C=O) groups excluding carboxylic acids is 1. The predicted octanol–water partition coefficient (Wildman–Crippen LogP) is 2.64. The van der Waals surface area contributed by atoms with Gasteiger partial charge in [-0.1, -0.05) is 11.8 Å². The molecule has 0 spiro atoms. The number of carbonyl (C=O) groups is 1. The first-order valence-corrected chi connectivity index (χ1v) is 7.67. The standard InChI is InChI=1S/C15H19N3OS/c1-8-9(2)13(7-16)15(17-10(8)3)20-11(4)14(19)18-12-5-6-12/h11-12H,5-6H2,1-4H3,(H,18,19). The number of aromatic nitrogens is 1. The lowest BCUT2D eigenvalue weighted by Crippen LogP contribution is -2.32. The minimum atomic E-state index is -0.239. The normalized spacial score (nSPS) is 15.6. The molecule has 0 saturated heterocycles. The number of hydrogen-bond acceptors (Lipinski definition) is 4. The summed E-state index contributed by atoms with van der Waals surface area (Å²) in [6.45, 7) is 7.69. The molecule has 1 aliphatic carbocycles. The van der Waals surface area contributed by atoms with Gasteiger partial charge in [0.25, 0.3) is 0 Å². The van der Waals surface area contributed by atoms with Gasteiger partial charge in [0.05, 0.1) is 10.8 Å². The van der Waals surface area contributed by atoms with Crippen LogP contribution in [0, 0.1) is 32.1 Å². The molecule has 1 amide bonds. The van der Waals surface area contributed by atoms with Crippen molar-refractivity contribution in [1.82, 2.24) is 10.3 Å². The topological polar surface area (TPSA) is 65.8 Å². The van der Waals surface area contributed by atoms with E-state index in [2.05, 4.69) is 16.4 Å². The SMILES string of the molecule is Cc1nc(SC(C)C(=O)NC2CC2)c(C#N)c(C)c1C. The Morgan fingerprint density at radius 3 is 2.60 bits per heavy atom. The lowest BCUT2D eigenvalue weighted by atomic mass is 10.1. The van der Waals surface area contributed by atoms with Crippen molar-refractivity contribution in [3.05, 3.63) is 22.4 Å². The van der Waals surface area contributed by atoms with Gasteiger partial charge in [-0.15, -0.1) is 0 Å². The average Bonchev–Trinajstić information content (AvgIpc) is 3.20. The van der Waals surface area contributed by atoms with Gasteiger partial charge in [-0.2, -0.15) is 5.26 Å². The molecule has 1 fully saturated rings. The monoisotopic (exact) mass is 289 g/mol. The molecule has 1 aromatic rings. The molecule has 4 nitrogen and oxygen atoms in total. The van der Waals surface area contributed by atoms with Crippen molar-refractivity contribution >= 4 is 17.7 Å². The van der Waals surface area contributed by atoms with Crippen molar-refractivity contribution in [2.75, 3.05) is 0 Å². The molecule has 1 saturated carbocycles. The second-order valence-electron chi connectivity index (χ2n) is 5.28. The second-order valence-corrected chi connectivity index (χ2v) is 6.61. The Hall–Kier alpha value is -1.54. The highest BCUT2D eigenvalue weighted by molar-refractivity contribution is 8.00. The molecule has 1 unspecified atom stereocenters. The first-order valence-electron chi connectivity index (χ1n) is 6.79. The average molecular weight is 289 g/mol. The summed E-state index contributed by atoms with van der Waals surface area (Å²) in [5, 5.41) is 12.7. The number of aryl methyl sites for hydroxylation is 1. The molecule has 0 radical (unpaired) electrons. The fourth-order valence-electron chi connectivity index (χ4n) is 1.90. The maximum Gasteiger partial charge on any atom is 0.233 e. The Kier molecular flexibility index (Phi) is 4.34. The van der Waals surface area contributed by atoms with E-state index in [1.807, 2.05) is 27.7 Å². The van der Waals surface area contributed by atoms with E-state index in [1.54, 1.807) is 0 Å². The lowest BCUT2D eigenvalue weighted by Gasteiger charge is -2.15. The van der Waals surface area contributed by atoms with Crippen molar-refractivity contribution in [1.29, 1.82) is 5.26 Å². The highest BCUT2D eigenvalue weighted by Gasteiger charge is 2.27. The van der Waals surface area contributed by atoms with Gasteiger partial charge in [-0.25, -0.2) is 4.98 Å². The minimum absolute atomic E-state index is 0.0269. The summed E-state index contributed by atoms with van der Waals surface area (Å²) in [5.41, 5.74) is 3.50. The molecule has 1 atom stereocenters. The molecule has 1 aromatic heterocycles. The molecule has 1 N–H and O–H groups in total. The van der Waals surface area contributed by atoms with Gasteiger partial charge in [0, 0.05) is 11.7 Å². The third kappa shape index (κ3) is 3.13. The molecular formula is C15H19N3OS. The quantitative estimate of drug-likeness (QED) is 0.865. The van der Waals surface area contributed by atoms with Crippen LogP contribution in [0.5, 0.6) is 0 Å². The molecule has 106 valence electrons. The van der Waals surface area contributed by atoms with E-state index in [1.165, 1.54) is 11.8 Å². The molecule has 0 aromatic carbocycles. The number of pyridine rings is 1. The highest BCUT2D eigenvalue weighted by Crippen LogP contribution is 2.30. The van der Waals surface area contributed by atoms with Gasteiger partial charge >= 0.3 is 0 Å². The largest absolute Gasteiger partial charge is 0.352 e. The lowest BCUT2D eigenvalue weighted by molar-refractivity contribution is -0.120. The van der Waals surface area contributed by atoms with Crippen molar-refractivity contribution in [2.24, 2.45) is 0 Å². The zero-order valence-electron chi connectivity index (χ0n) is 12.3. The van der Waals surface area contributed by atoms with Gasteiger partial charge in [0.2, 0.25) is 5.91 Å². The van der Waals surface area contributed by atoms with Crippen molar-refractivity contribution < 1.29 is 4.79 Å². The minimum Gasteiger partial charge on any atom is -0.352 e. The highest BCUT2D eigenvalue weighted by atomic mass is 32.2. The van der Waals surface area contributed by atoms with E-state index in [0.29, 0.717) is 16.6 Å². The molecule has 1 aliphatic rings. The first kappa shape index (κ1) is 14.9. The van der Waals surface area contributed by atoms with Crippen LogP contribution in [0.4, 0.5) is 0 Å². The van der Waals surface area contributed by atoms with E-state index < -0.39 is 0 Å². The van der Waals surface area contributed by atoms with Gasteiger partial charge in [0.15, 0.2) is 0 Å². The zero-order chi connectivity index (χ0) is 14.9. The number of nitrogens with zero attached hydrogens (tertiary/aromatic N) is 2. The number of nitrogens with one attached hydrogen (secondary N) is 1. The second kappa shape index (κ2) is 5.84. The Labute approximate surface area is 124 Å². The molecule has 0 aliphatic heterocycles. The van der Waals surface area contributed by atoms with Crippen molar-refractivity contribution in [3.8, 4) is 6.07 Å². The van der Waals surface area contributed by atoms with Crippen LogP contribution in [0.1, 0.15) is 42.1 Å². The van der Waals surface area contributed by atoms with E-state index in [0.717, 1.165) is 29.7 Å². The third-order valence-electron chi connectivity index (χ3n) is 3.66. The summed E-state index contributed by atoms with van der Waals surface area (Å²) in [5.74, 6) is 0.0269. The molecule has 20 heavy (non-hydrogen) atoms. The molecule has 2 rings (SSSR count). The predicted molar refractivity (Wildman–Crippen MR) is 79.6 cm³/mol. The Morgan fingerprint density at radius 1 is 1.40 bits per heavy atom. The van der Waals surface area contributed by atoms with Crippen molar-refractivity contribution in [2.45, 2.75) is 56.9 Å². The Bertz CT molecular complexity index is 588. The number of thioether (sulfide) groups is 1. The van der Waals surface area contributed by atoms with Gasteiger partial charge in [0.1, 0.15) is 11.1 Å². The molecule has 1 heterocycles. The van der Waals surface area contributed by atoms with E-state index in [4.69, 9.17) is 0 Å². The summed E-state index contributed by atoms with van der Waals surface area (Å²) in [4.78, 5) is 16.5.